The Morgan fingerprint density at radius 3 is 2.50 bits per heavy atom. The lowest BCUT2D eigenvalue weighted by Gasteiger charge is -2.13. The molecule has 38 heavy (non-hydrogen) atoms. The minimum atomic E-state index is -0.543. The van der Waals surface area contributed by atoms with Crippen molar-refractivity contribution in [3.05, 3.63) is 94.3 Å². The molecule has 1 saturated carbocycles. The number of carbonyl (C=O) groups is 2. The molecule has 192 valence electrons. The van der Waals surface area contributed by atoms with Crippen molar-refractivity contribution in [2.45, 2.75) is 38.9 Å². The zero-order valence-electron chi connectivity index (χ0n) is 20.6. The van der Waals surface area contributed by atoms with Crippen LogP contribution in [-0.4, -0.2) is 27.8 Å². The van der Waals surface area contributed by atoms with E-state index in [-0.39, 0.29) is 23.7 Å². The van der Waals surface area contributed by atoms with E-state index in [0.29, 0.717) is 46.2 Å². The van der Waals surface area contributed by atoms with Crippen LogP contribution in [0.25, 0.3) is 22.5 Å². The molecular formula is C29H25F2N5O2. The van der Waals surface area contributed by atoms with E-state index in [1.54, 1.807) is 24.3 Å². The number of nitrogens with zero attached hydrogens (tertiary/aromatic N) is 1. The first-order valence-electron chi connectivity index (χ1n) is 12.5. The number of halogens is 2. The summed E-state index contributed by atoms with van der Waals surface area (Å²) in [6, 6.07) is 13.6. The number of hydrogen-bond acceptors (Lipinski definition) is 4. The molecule has 4 aromatic rings. The molecule has 1 aromatic heterocycles. The van der Waals surface area contributed by atoms with Crippen molar-refractivity contribution in [1.29, 1.82) is 0 Å². The highest BCUT2D eigenvalue weighted by Gasteiger charge is 2.29. The molecule has 4 N–H and O–H groups in total. The molecule has 2 amide bonds. The number of aryl methyl sites for hydroxylation is 1. The quantitative estimate of drug-likeness (QED) is 0.277. The van der Waals surface area contributed by atoms with Crippen LogP contribution in [0.15, 0.2) is 54.6 Å². The first-order valence-corrected chi connectivity index (χ1v) is 12.5. The highest BCUT2D eigenvalue weighted by molar-refractivity contribution is 6.06. The molecule has 0 atom stereocenters. The highest BCUT2D eigenvalue weighted by Crippen LogP contribution is 2.37. The van der Waals surface area contributed by atoms with Gasteiger partial charge in [-0.15, -0.1) is 0 Å². The molecule has 1 aliphatic heterocycles. The maximum atomic E-state index is 15.3. The minimum absolute atomic E-state index is 0.229. The average Bonchev–Trinajstić information content (AvgIpc) is 3.55. The number of anilines is 1. The van der Waals surface area contributed by atoms with Crippen molar-refractivity contribution in [3.63, 3.8) is 0 Å². The number of H-pyrrole nitrogens is 1. The second kappa shape index (κ2) is 9.50. The van der Waals surface area contributed by atoms with E-state index >= 15 is 4.39 Å². The van der Waals surface area contributed by atoms with Crippen molar-refractivity contribution in [1.82, 2.24) is 20.6 Å². The molecule has 0 saturated heterocycles. The van der Waals surface area contributed by atoms with Gasteiger partial charge in [0.2, 0.25) is 0 Å². The molecule has 1 aliphatic carbocycles. The summed E-state index contributed by atoms with van der Waals surface area (Å²) in [4.78, 5) is 33.3. The van der Waals surface area contributed by atoms with Crippen molar-refractivity contribution in [3.8, 4) is 22.5 Å². The van der Waals surface area contributed by atoms with E-state index < -0.39 is 17.5 Å². The average molecular weight is 514 g/mol. The number of amides is 2. The summed E-state index contributed by atoms with van der Waals surface area (Å²) in [5.41, 5.74) is 5.12. The Morgan fingerprint density at radius 1 is 1.03 bits per heavy atom. The predicted molar refractivity (Wildman–Crippen MR) is 140 cm³/mol. The van der Waals surface area contributed by atoms with Gasteiger partial charge in [0.1, 0.15) is 17.5 Å². The van der Waals surface area contributed by atoms with Crippen LogP contribution in [0, 0.1) is 18.6 Å². The van der Waals surface area contributed by atoms with Gasteiger partial charge in [0.25, 0.3) is 11.8 Å². The molecule has 1 fully saturated rings. The normalized spacial score (nSPS) is 14.3. The molecule has 3 aromatic carbocycles. The van der Waals surface area contributed by atoms with E-state index in [4.69, 9.17) is 0 Å². The molecule has 0 unspecified atom stereocenters. The fourth-order valence-electron chi connectivity index (χ4n) is 4.74. The molecule has 0 bridgehead atoms. The van der Waals surface area contributed by atoms with Crippen molar-refractivity contribution in [2.75, 3.05) is 5.32 Å². The van der Waals surface area contributed by atoms with E-state index in [2.05, 4.69) is 25.9 Å². The summed E-state index contributed by atoms with van der Waals surface area (Å²) in [5, 5.41) is 8.96. The Labute approximate surface area is 217 Å². The van der Waals surface area contributed by atoms with Gasteiger partial charge in [-0.3, -0.25) is 9.59 Å². The van der Waals surface area contributed by atoms with Gasteiger partial charge in [-0.1, -0.05) is 6.07 Å². The summed E-state index contributed by atoms with van der Waals surface area (Å²) >= 11 is 0. The monoisotopic (exact) mass is 513 g/mol. The molecule has 6 rings (SSSR count). The maximum Gasteiger partial charge on any atom is 0.255 e. The van der Waals surface area contributed by atoms with Crippen molar-refractivity contribution >= 4 is 17.5 Å². The van der Waals surface area contributed by atoms with E-state index in [1.807, 2.05) is 6.92 Å². The van der Waals surface area contributed by atoms with Crippen LogP contribution >= 0.6 is 0 Å². The van der Waals surface area contributed by atoms with Crippen LogP contribution in [0.3, 0.4) is 0 Å². The Bertz CT molecular complexity index is 1570. The van der Waals surface area contributed by atoms with Gasteiger partial charge in [0.15, 0.2) is 0 Å². The number of imidazole rings is 1. The van der Waals surface area contributed by atoms with Crippen LogP contribution in [0.1, 0.15) is 50.5 Å². The highest BCUT2D eigenvalue weighted by atomic mass is 19.1. The van der Waals surface area contributed by atoms with Crippen LogP contribution < -0.4 is 16.0 Å². The van der Waals surface area contributed by atoms with E-state index in [9.17, 15) is 14.0 Å². The lowest BCUT2D eigenvalue weighted by Crippen LogP contribution is -2.16. The third-order valence-corrected chi connectivity index (χ3v) is 6.97. The van der Waals surface area contributed by atoms with Gasteiger partial charge >= 0.3 is 0 Å². The molecule has 2 aliphatic rings. The largest absolute Gasteiger partial charge is 0.348 e. The van der Waals surface area contributed by atoms with Crippen LogP contribution in [0.5, 0.6) is 0 Å². The lowest BCUT2D eigenvalue weighted by molar-refractivity contribution is 0.0965. The van der Waals surface area contributed by atoms with Crippen molar-refractivity contribution < 1.29 is 18.4 Å². The third-order valence-electron chi connectivity index (χ3n) is 6.97. The Morgan fingerprint density at radius 2 is 1.76 bits per heavy atom. The van der Waals surface area contributed by atoms with E-state index in [1.165, 1.54) is 43.2 Å². The second-order valence-corrected chi connectivity index (χ2v) is 9.66. The summed E-state index contributed by atoms with van der Waals surface area (Å²) in [5.74, 6) is -1.09. The van der Waals surface area contributed by atoms with Gasteiger partial charge in [-0.05, 0) is 79.4 Å². The Hall–Kier alpha value is -4.37. The Kier molecular flexibility index (Phi) is 6.00. The zero-order chi connectivity index (χ0) is 26.4. The number of rotatable bonds is 7. The van der Waals surface area contributed by atoms with Gasteiger partial charge in [-0.25, -0.2) is 13.8 Å². The number of nitrogens with one attached hydrogen (secondary N) is 4. The third kappa shape index (κ3) is 4.56. The number of fused-ring (bicyclic) bond motifs is 1. The molecule has 0 spiro atoms. The fourth-order valence-corrected chi connectivity index (χ4v) is 4.74. The maximum absolute atomic E-state index is 15.3. The molecular weight excluding hydrogens is 488 g/mol. The van der Waals surface area contributed by atoms with Crippen LogP contribution in [-0.2, 0) is 13.1 Å². The van der Waals surface area contributed by atoms with Gasteiger partial charge < -0.3 is 20.9 Å². The summed E-state index contributed by atoms with van der Waals surface area (Å²) in [7, 11) is 0. The second-order valence-electron chi connectivity index (χ2n) is 9.66. The summed E-state index contributed by atoms with van der Waals surface area (Å²) in [6.07, 6.45) is 2.38. The summed E-state index contributed by atoms with van der Waals surface area (Å²) in [6.45, 7) is 2.89. The number of benzene rings is 3. The topological polar surface area (TPSA) is 98.9 Å². The van der Waals surface area contributed by atoms with E-state index in [0.717, 1.165) is 11.4 Å². The SMILES string of the molecule is Cc1nc(-c2ccc(-c3ccc(NC(=O)c4ccc(F)cc4)cc3F)c3c2C(=O)NC3)[nH]c1CNC1CC1. The predicted octanol–water partition coefficient (Wildman–Crippen LogP) is 5.08. The number of aromatic nitrogens is 2. The van der Waals surface area contributed by atoms with Crippen molar-refractivity contribution in [2.24, 2.45) is 0 Å². The lowest BCUT2D eigenvalue weighted by atomic mass is 9.92. The molecule has 2 heterocycles. The first kappa shape index (κ1) is 24.0. The molecule has 0 radical (unpaired) electrons. The molecule has 9 heteroatoms. The first-order chi connectivity index (χ1) is 18.4. The fraction of sp³-hybridized carbons (Fsp3) is 0.207. The van der Waals surface area contributed by atoms with Crippen LogP contribution in [0.2, 0.25) is 0 Å². The zero-order valence-corrected chi connectivity index (χ0v) is 20.6. The van der Waals surface area contributed by atoms with Gasteiger partial charge in [0, 0.05) is 41.5 Å². The number of aromatic amines is 1. The van der Waals surface area contributed by atoms with Gasteiger partial charge in [-0.2, -0.15) is 0 Å². The van der Waals surface area contributed by atoms with Crippen LogP contribution in [0.4, 0.5) is 14.5 Å². The molecule has 7 nitrogen and oxygen atoms in total. The smallest absolute Gasteiger partial charge is 0.255 e. The Balaban J connectivity index is 1.29. The van der Waals surface area contributed by atoms with Gasteiger partial charge in [0.05, 0.1) is 17.0 Å². The summed E-state index contributed by atoms with van der Waals surface area (Å²) < 4.78 is 28.4. The minimum Gasteiger partial charge on any atom is -0.348 e. The number of carbonyl (C=O) groups excluding carboxylic acids is 2. The standard InChI is InChI=1S/C29H25F2N5O2/c1-15-25(14-32-18-6-7-18)36-27(34-15)22-11-10-20(23-13-33-29(38)26(22)23)21-9-8-19(12-24(21)31)35-28(37)16-2-4-17(30)5-3-16/h2-5,8-12,18,32H,6-7,13-14H2,1H3,(H,33,38)(H,34,36)(H,35,37). The number of hydrogen-bond donors (Lipinski definition) is 4.